The highest BCUT2D eigenvalue weighted by Crippen LogP contribution is 2.01. The molecule has 2 N–H and O–H groups in total. The first-order valence-corrected chi connectivity index (χ1v) is 4.77. The quantitative estimate of drug-likeness (QED) is 0.702. The van der Waals surface area contributed by atoms with Crippen molar-refractivity contribution in [2.24, 2.45) is 0 Å². The van der Waals surface area contributed by atoms with Gasteiger partial charge in [0.05, 0.1) is 12.7 Å². The van der Waals surface area contributed by atoms with Gasteiger partial charge in [0.2, 0.25) is 0 Å². The maximum atomic E-state index is 5.53. The van der Waals surface area contributed by atoms with E-state index < -0.39 is 0 Å². The summed E-state index contributed by atoms with van der Waals surface area (Å²) in [6, 6.07) is 1.84. The second-order valence-corrected chi connectivity index (χ2v) is 3.17. The zero-order valence-electron chi connectivity index (χ0n) is 7.94. The third-order valence-corrected chi connectivity index (χ3v) is 2.10. The number of nitrogens with one attached hydrogen (secondary N) is 2. The van der Waals surface area contributed by atoms with Gasteiger partial charge in [0.1, 0.15) is 12.1 Å². The lowest BCUT2D eigenvalue weighted by atomic mass is 10.3. The fourth-order valence-corrected chi connectivity index (χ4v) is 1.36. The van der Waals surface area contributed by atoms with E-state index >= 15 is 0 Å². The van der Waals surface area contributed by atoms with Crippen LogP contribution >= 0.6 is 0 Å². The number of rotatable bonds is 3. The Hall–Kier alpha value is -1.20. The van der Waals surface area contributed by atoms with Crippen LogP contribution in [-0.2, 0) is 4.74 Å². The van der Waals surface area contributed by atoms with Crippen molar-refractivity contribution in [1.29, 1.82) is 0 Å². The Bertz CT molecular complexity index is 261. The summed E-state index contributed by atoms with van der Waals surface area (Å²) < 4.78 is 5.53. The highest BCUT2D eigenvalue weighted by atomic mass is 16.5. The lowest BCUT2D eigenvalue weighted by molar-refractivity contribution is 0.0372. The summed E-state index contributed by atoms with van der Waals surface area (Å²) in [4.78, 5) is 7.91. The predicted molar refractivity (Wildman–Crippen MR) is 53.1 cm³/mol. The average Bonchev–Trinajstić information content (AvgIpc) is 2.29. The first-order valence-electron chi connectivity index (χ1n) is 4.77. The van der Waals surface area contributed by atoms with Crippen LogP contribution in [0.2, 0.25) is 0 Å². The predicted octanol–water partition coefficient (Wildman–Crippen LogP) is -0.123. The maximum Gasteiger partial charge on any atom is 0.129 e. The van der Waals surface area contributed by atoms with E-state index in [-0.39, 0.29) is 6.10 Å². The van der Waals surface area contributed by atoms with E-state index in [1.165, 1.54) is 6.33 Å². The molecular formula is C9H14N4O. The van der Waals surface area contributed by atoms with Crippen LogP contribution in [0.4, 0.5) is 5.82 Å². The van der Waals surface area contributed by atoms with Crippen molar-refractivity contribution in [2.45, 2.75) is 6.10 Å². The maximum absolute atomic E-state index is 5.53. The van der Waals surface area contributed by atoms with Crippen molar-refractivity contribution >= 4 is 5.82 Å². The van der Waals surface area contributed by atoms with E-state index in [9.17, 15) is 0 Å². The lowest BCUT2D eigenvalue weighted by Crippen LogP contribution is -2.42. The summed E-state index contributed by atoms with van der Waals surface area (Å²) in [5.74, 6) is 0.842. The highest BCUT2D eigenvalue weighted by Gasteiger charge is 2.12. The van der Waals surface area contributed by atoms with Gasteiger partial charge in [-0.3, -0.25) is 0 Å². The number of aromatic nitrogens is 2. The minimum absolute atomic E-state index is 0.235. The molecule has 1 aliphatic heterocycles. The summed E-state index contributed by atoms with van der Waals surface area (Å²) in [6.07, 6.45) is 3.48. The zero-order chi connectivity index (χ0) is 9.64. The van der Waals surface area contributed by atoms with E-state index in [4.69, 9.17) is 4.74 Å². The van der Waals surface area contributed by atoms with Gasteiger partial charge in [-0.05, 0) is 6.07 Å². The number of hydrogen-bond donors (Lipinski definition) is 2. The minimum atomic E-state index is 0.235. The summed E-state index contributed by atoms with van der Waals surface area (Å²) in [6.45, 7) is 3.42. The minimum Gasteiger partial charge on any atom is -0.374 e. The van der Waals surface area contributed by atoms with Crippen LogP contribution in [-0.4, -0.2) is 42.3 Å². The van der Waals surface area contributed by atoms with E-state index in [2.05, 4.69) is 20.6 Å². The fraction of sp³-hybridized carbons (Fsp3) is 0.556. The first kappa shape index (κ1) is 9.36. The van der Waals surface area contributed by atoms with Gasteiger partial charge in [0.15, 0.2) is 0 Å². The van der Waals surface area contributed by atoms with E-state index in [0.29, 0.717) is 0 Å². The SMILES string of the molecule is c1cc(NCC2CNCCO2)ncn1. The van der Waals surface area contributed by atoms with Gasteiger partial charge in [0, 0.05) is 25.8 Å². The molecule has 0 spiro atoms. The molecule has 14 heavy (non-hydrogen) atoms. The second-order valence-electron chi connectivity index (χ2n) is 3.17. The van der Waals surface area contributed by atoms with Gasteiger partial charge in [-0.15, -0.1) is 0 Å². The molecule has 0 saturated carbocycles. The Balaban J connectivity index is 1.76. The Morgan fingerprint density at radius 2 is 2.64 bits per heavy atom. The molecule has 1 unspecified atom stereocenters. The molecule has 1 aromatic heterocycles. The van der Waals surface area contributed by atoms with E-state index in [0.717, 1.165) is 32.1 Å². The molecule has 0 radical (unpaired) electrons. The van der Waals surface area contributed by atoms with Crippen molar-refractivity contribution in [3.8, 4) is 0 Å². The van der Waals surface area contributed by atoms with Gasteiger partial charge in [0.25, 0.3) is 0 Å². The monoisotopic (exact) mass is 194 g/mol. The van der Waals surface area contributed by atoms with Crippen molar-refractivity contribution < 1.29 is 4.74 Å². The Morgan fingerprint density at radius 1 is 1.64 bits per heavy atom. The molecule has 1 saturated heterocycles. The molecule has 0 bridgehead atoms. The van der Waals surface area contributed by atoms with Crippen LogP contribution in [0.3, 0.4) is 0 Å². The average molecular weight is 194 g/mol. The molecule has 0 aliphatic carbocycles. The van der Waals surface area contributed by atoms with Gasteiger partial charge in [-0.25, -0.2) is 9.97 Å². The smallest absolute Gasteiger partial charge is 0.129 e. The Kier molecular flexibility index (Phi) is 3.26. The molecule has 5 nitrogen and oxygen atoms in total. The number of hydrogen-bond acceptors (Lipinski definition) is 5. The van der Waals surface area contributed by atoms with Crippen molar-refractivity contribution in [2.75, 3.05) is 31.6 Å². The Labute approximate surface area is 82.9 Å². The van der Waals surface area contributed by atoms with E-state index in [1.54, 1.807) is 6.20 Å². The fourth-order valence-electron chi connectivity index (χ4n) is 1.36. The van der Waals surface area contributed by atoms with Crippen LogP contribution in [0, 0.1) is 0 Å². The van der Waals surface area contributed by atoms with Crippen molar-refractivity contribution in [1.82, 2.24) is 15.3 Å². The summed E-state index contributed by atoms with van der Waals surface area (Å²) in [7, 11) is 0. The van der Waals surface area contributed by atoms with Crippen molar-refractivity contribution in [3.63, 3.8) is 0 Å². The third-order valence-electron chi connectivity index (χ3n) is 2.10. The zero-order valence-corrected chi connectivity index (χ0v) is 7.94. The van der Waals surface area contributed by atoms with Crippen molar-refractivity contribution in [3.05, 3.63) is 18.6 Å². The van der Waals surface area contributed by atoms with Gasteiger partial charge in [-0.2, -0.15) is 0 Å². The molecule has 76 valence electrons. The van der Waals surface area contributed by atoms with Crippen LogP contribution in [0.1, 0.15) is 0 Å². The third kappa shape index (κ3) is 2.65. The second kappa shape index (κ2) is 4.88. The van der Waals surface area contributed by atoms with Gasteiger partial charge >= 0.3 is 0 Å². The molecule has 2 heterocycles. The van der Waals surface area contributed by atoms with Crippen LogP contribution < -0.4 is 10.6 Å². The molecule has 0 aromatic carbocycles. The normalized spacial score (nSPS) is 21.9. The molecular weight excluding hydrogens is 180 g/mol. The number of morpholine rings is 1. The van der Waals surface area contributed by atoms with Crippen LogP contribution in [0.15, 0.2) is 18.6 Å². The highest BCUT2D eigenvalue weighted by molar-refractivity contribution is 5.31. The van der Waals surface area contributed by atoms with E-state index in [1.807, 2.05) is 6.07 Å². The van der Waals surface area contributed by atoms with Gasteiger partial charge < -0.3 is 15.4 Å². The number of ether oxygens (including phenoxy) is 1. The van der Waals surface area contributed by atoms with Gasteiger partial charge in [-0.1, -0.05) is 0 Å². The summed E-state index contributed by atoms with van der Waals surface area (Å²) in [5.41, 5.74) is 0. The molecule has 1 aliphatic rings. The topological polar surface area (TPSA) is 59.1 Å². The molecule has 1 aromatic rings. The molecule has 2 rings (SSSR count). The summed E-state index contributed by atoms with van der Waals surface area (Å²) in [5, 5.41) is 6.47. The largest absolute Gasteiger partial charge is 0.374 e. The number of nitrogens with zero attached hydrogens (tertiary/aromatic N) is 2. The van der Waals surface area contributed by atoms with Crippen LogP contribution in [0.25, 0.3) is 0 Å². The number of anilines is 1. The first-order chi connectivity index (χ1) is 6.95. The molecule has 5 heteroatoms. The summed E-state index contributed by atoms with van der Waals surface area (Å²) >= 11 is 0. The molecule has 1 atom stereocenters. The molecule has 0 amide bonds. The standard InChI is InChI=1S/C9H14N4O/c1-2-11-7-13-9(1)12-6-8-5-10-3-4-14-8/h1-2,7-8,10H,3-6H2,(H,11,12,13). The Morgan fingerprint density at radius 3 is 3.36 bits per heavy atom. The molecule has 1 fully saturated rings. The van der Waals surface area contributed by atoms with Crippen LogP contribution in [0.5, 0.6) is 0 Å². The lowest BCUT2D eigenvalue weighted by Gasteiger charge is -2.23.